The molecule has 166 valence electrons. The second-order valence-electron chi connectivity index (χ2n) is 7.07. The molecule has 0 bridgehead atoms. The van der Waals surface area contributed by atoms with Crippen molar-refractivity contribution >= 4 is 34.8 Å². The molecule has 0 saturated heterocycles. The van der Waals surface area contributed by atoms with Gasteiger partial charge in [-0.3, -0.25) is 14.4 Å². The molecule has 0 spiro atoms. The first-order valence-corrected chi connectivity index (χ1v) is 10.3. The van der Waals surface area contributed by atoms with Crippen LogP contribution in [0, 0.1) is 6.92 Å². The highest BCUT2D eigenvalue weighted by molar-refractivity contribution is 6.31. The van der Waals surface area contributed by atoms with Gasteiger partial charge in [-0.25, -0.2) is 4.68 Å². The summed E-state index contributed by atoms with van der Waals surface area (Å²) >= 11 is 6.01. The lowest BCUT2D eigenvalue weighted by molar-refractivity contribution is -0.117. The number of ether oxygens (including phenoxy) is 1. The van der Waals surface area contributed by atoms with Crippen molar-refractivity contribution in [2.24, 2.45) is 0 Å². The van der Waals surface area contributed by atoms with Crippen LogP contribution in [0.1, 0.15) is 18.9 Å². The van der Waals surface area contributed by atoms with Crippen LogP contribution in [0.15, 0.2) is 53.3 Å². The predicted molar refractivity (Wildman–Crippen MR) is 124 cm³/mol. The van der Waals surface area contributed by atoms with Crippen LogP contribution in [-0.2, 0) is 16.1 Å². The number of methoxy groups -OCH3 is 1. The fraction of sp³-hybridized carbons (Fsp3) is 0.217. The predicted octanol–water partition coefficient (Wildman–Crippen LogP) is 3.87. The molecule has 2 N–H and O–H groups in total. The topological polar surface area (TPSA) is 102 Å². The minimum atomic E-state index is -0.587. The zero-order chi connectivity index (χ0) is 23.3. The smallest absolute Gasteiger partial charge is 0.291 e. The summed E-state index contributed by atoms with van der Waals surface area (Å²) in [5.41, 5.74) is 2.09. The molecule has 32 heavy (non-hydrogen) atoms. The fourth-order valence-corrected chi connectivity index (χ4v) is 3.12. The summed E-state index contributed by atoms with van der Waals surface area (Å²) < 4.78 is 6.25. The number of halogens is 1. The third-order valence-electron chi connectivity index (χ3n) is 4.65. The van der Waals surface area contributed by atoms with Gasteiger partial charge >= 0.3 is 0 Å². The number of aryl methyl sites for hydroxylation is 1. The lowest BCUT2D eigenvalue weighted by Gasteiger charge is -2.13. The lowest BCUT2D eigenvalue weighted by Crippen LogP contribution is -2.32. The Balaban J connectivity index is 1.96. The van der Waals surface area contributed by atoms with Gasteiger partial charge in [0.25, 0.3) is 5.56 Å². The Labute approximate surface area is 190 Å². The van der Waals surface area contributed by atoms with Crippen LogP contribution in [-0.4, -0.2) is 28.7 Å². The van der Waals surface area contributed by atoms with Gasteiger partial charge in [0.1, 0.15) is 18.0 Å². The third kappa shape index (κ3) is 5.53. The second kappa shape index (κ2) is 10.1. The minimum Gasteiger partial charge on any atom is -0.495 e. The lowest BCUT2D eigenvalue weighted by atomic mass is 10.1. The van der Waals surface area contributed by atoms with Crippen molar-refractivity contribution < 1.29 is 14.3 Å². The summed E-state index contributed by atoms with van der Waals surface area (Å²) in [4.78, 5) is 37.5. The van der Waals surface area contributed by atoms with E-state index in [1.165, 1.54) is 13.2 Å². The fourth-order valence-electron chi connectivity index (χ4n) is 2.95. The van der Waals surface area contributed by atoms with Crippen LogP contribution in [0.25, 0.3) is 11.3 Å². The average Bonchev–Trinajstić information content (AvgIpc) is 2.77. The SMILES string of the molecule is CCC(=O)Nc1cc(-c2ccc(C)cc2)nn(CC(=O)Nc2cc(Cl)ccc2OC)c1=O. The van der Waals surface area contributed by atoms with Gasteiger partial charge in [-0.1, -0.05) is 48.4 Å². The Morgan fingerprint density at radius 1 is 1.03 bits per heavy atom. The monoisotopic (exact) mass is 454 g/mol. The number of benzene rings is 2. The van der Waals surface area contributed by atoms with Gasteiger partial charge < -0.3 is 15.4 Å². The molecule has 0 aliphatic carbocycles. The van der Waals surface area contributed by atoms with E-state index in [1.807, 2.05) is 31.2 Å². The summed E-state index contributed by atoms with van der Waals surface area (Å²) in [6, 6.07) is 13.8. The minimum absolute atomic E-state index is 0.0514. The molecular weight excluding hydrogens is 432 g/mol. The number of nitrogens with zero attached hydrogens (tertiary/aromatic N) is 2. The number of anilines is 2. The Kier molecular flexibility index (Phi) is 7.27. The van der Waals surface area contributed by atoms with Crippen LogP contribution < -0.4 is 20.9 Å². The van der Waals surface area contributed by atoms with Crippen molar-refractivity contribution in [3.63, 3.8) is 0 Å². The van der Waals surface area contributed by atoms with Crippen LogP contribution >= 0.6 is 11.6 Å². The summed E-state index contributed by atoms with van der Waals surface area (Å²) in [5.74, 6) is -0.399. The number of nitrogens with one attached hydrogen (secondary N) is 2. The van der Waals surface area contributed by atoms with E-state index in [2.05, 4.69) is 15.7 Å². The van der Waals surface area contributed by atoms with Crippen LogP contribution in [0.2, 0.25) is 5.02 Å². The van der Waals surface area contributed by atoms with Gasteiger partial charge in [0.05, 0.1) is 18.5 Å². The van der Waals surface area contributed by atoms with Crippen LogP contribution in [0.3, 0.4) is 0 Å². The van der Waals surface area contributed by atoms with E-state index in [4.69, 9.17) is 16.3 Å². The first-order chi connectivity index (χ1) is 15.3. The number of hydrogen-bond acceptors (Lipinski definition) is 5. The number of rotatable bonds is 7. The van der Waals surface area contributed by atoms with Crippen molar-refractivity contribution in [3.05, 3.63) is 69.5 Å². The Hall–Kier alpha value is -3.65. The highest BCUT2D eigenvalue weighted by atomic mass is 35.5. The molecule has 0 fully saturated rings. The van der Waals surface area contributed by atoms with Crippen LogP contribution in [0.4, 0.5) is 11.4 Å². The average molecular weight is 455 g/mol. The number of carbonyl (C=O) groups is 2. The molecule has 0 unspecified atom stereocenters. The van der Waals surface area contributed by atoms with Gasteiger partial charge in [0, 0.05) is 17.0 Å². The van der Waals surface area contributed by atoms with Gasteiger partial charge in [0.2, 0.25) is 11.8 Å². The number of aromatic nitrogens is 2. The number of amides is 2. The summed E-state index contributed by atoms with van der Waals surface area (Å²) in [6.45, 7) is 3.27. The van der Waals surface area contributed by atoms with E-state index in [9.17, 15) is 14.4 Å². The largest absolute Gasteiger partial charge is 0.495 e. The van der Waals surface area contributed by atoms with Gasteiger partial charge in [0.15, 0.2) is 0 Å². The molecule has 9 heteroatoms. The molecule has 3 rings (SSSR count). The van der Waals surface area contributed by atoms with Gasteiger partial charge in [-0.05, 0) is 31.2 Å². The van der Waals surface area contributed by atoms with E-state index in [0.717, 1.165) is 15.8 Å². The maximum Gasteiger partial charge on any atom is 0.291 e. The zero-order valence-electron chi connectivity index (χ0n) is 17.9. The number of hydrogen-bond donors (Lipinski definition) is 2. The van der Waals surface area contributed by atoms with Crippen molar-refractivity contribution in [2.75, 3.05) is 17.7 Å². The second-order valence-corrected chi connectivity index (χ2v) is 7.50. The third-order valence-corrected chi connectivity index (χ3v) is 4.88. The molecule has 2 aromatic carbocycles. The molecule has 0 saturated carbocycles. The van der Waals surface area contributed by atoms with Gasteiger partial charge in [-0.2, -0.15) is 5.10 Å². The molecule has 0 radical (unpaired) electrons. The maximum absolute atomic E-state index is 12.9. The molecule has 8 nitrogen and oxygen atoms in total. The van der Waals surface area contributed by atoms with Crippen molar-refractivity contribution in [2.45, 2.75) is 26.8 Å². The highest BCUT2D eigenvalue weighted by Gasteiger charge is 2.16. The Bertz CT molecular complexity index is 1210. The zero-order valence-corrected chi connectivity index (χ0v) is 18.7. The molecule has 0 aliphatic rings. The molecule has 2 amide bonds. The molecule has 0 aliphatic heterocycles. The highest BCUT2D eigenvalue weighted by Crippen LogP contribution is 2.27. The molecule has 3 aromatic rings. The first-order valence-electron chi connectivity index (χ1n) is 9.93. The summed E-state index contributed by atoms with van der Waals surface area (Å²) in [5, 5.41) is 10.0. The Morgan fingerprint density at radius 2 is 1.72 bits per heavy atom. The number of carbonyl (C=O) groups excluding carboxylic acids is 2. The standard InChI is InChI=1S/C23H23ClN4O4/c1-4-21(29)26-19-12-17(15-7-5-14(2)6-8-15)27-28(23(19)31)13-22(30)25-18-11-16(24)9-10-20(18)32-3/h5-12H,4,13H2,1-3H3,(H,25,30)(H,26,29). The van der Waals surface area contributed by atoms with Gasteiger partial charge in [-0.15, -0.1) is 0 Å². The van der Waals surface area contributed by atoms with Crippen LogP contribution in [0.5, 0.6) is 5.75 Å². The molecular formula is C23H23ClN4O4. The quantitative estimate of drug-likeness (QED) is 0.564. The molecule has 1 aromatic heterocycles. The van der Waals surface area contributed by atoms with E-state index < -0.39 is 11.5 Å². The Morgan fingerprint density at radius 3 is 2.38 bits per heavy atom. The summed E-state index contributed by atoms with van der Waals surface area (Å²) in [7, 11) is 1.47. The van der Waals surface area contributed by atoms with E-state index in [0.29, 0.717) is 22.2 Å². The van der Waals surface area contributed by atoms with E-state index in [-0.39, 0.29) is 24.6 Å². The van der Waals surface area contributed by atoms with Crippen molar-refractivity contribution in [3.8, 4) is 17.0 Å². The van der Waals surface area contributed by atoms with E-state index >= 15 is 0 Å². The van der Waals surface area contributed by atoms with Crippen molar-refractivity contribution in [1.82, 2.24) is 9.78 Å². The maximum atomic E-state index is 12.9. The normalized spacial score (nSPS) is 10.5. The van der Waals surface area contributed by atoms with E-state index in [1.54, 1.807) is 25.1 Å². The first kappa shape index (κ1) is 23.0. The molecule has 0 atom stereocenters. The summed E-state index contributed by atoms with van der Waals surface area (Å²) in [6.07, 6.45) is 0.205. The van der Waals surface area contributed by atoms with Crippen molar-refractivity contribution in [1.29, 1.82) is 0 Å². The molecule has 1 heterocycles.